The third kappa shape index (κ3) is 5.24. The molecule has 0 saturated heterocycles. The Balaban J connectivity index is 1.61. The molecule has 0 fully saturated rings. The minimum absolute atomic E-state index is 0.111. The molecule has 1 aromatic heterocycles. The largest absolute Gasteiger partial charge is 0.352 e. The van der Waals surface area contributed by atoms with Crippen molar-refractivity contribution in [3.63, 3.8) is 0 Å². The van der Waals surface area contributed by atoms with Gasteiger partial charge in [0.25, 0.3) is 5.56 Å². The molecule has 0 saturated carbocycles. The highest BCUT2D eigenvalue weighted by Crippen LogP contribution is 2.15. The number of carbonyl (C=O) groups is 1. The van der Waals surface area contributed by atoms with Crippen LogP contribution in [0.5, 0.6) is 0 Å². The van der Waals surface area contributed by atoms with E-state index in [2.05, 4.69) is 10.4 Å². The summed E-state index contributed by atoms with van der Waals surface area (Å²) in [6.45, 7) is 0.507. The molecule has 0 radical (unpaired) electrons. The molecule has 1 heterocycles. The standard InChI is InChI=1S/C20H17ClFN3O2/c21-16-3-1-2-14(12-16)13-23-19(26)10-11-25-20(27)9-8-18(24-25)15-4-6-17(22)7-5-15/h1-9,12H,10-11,13H2,(H,23,26). The minimum atomic E-state index is -0.344. The fraction of sp³-hybridized carbons (Fsp3) is 0.150. The lowest BCUT2D eigenvalue weighted by Crippen LogP contribution is -2.28. The van der Waals surface area contributed by atoms with Crippen LogP contribution in [-0.2, 0) is 17.9 Å². The predicted molar refractivity (Wildman–Crippen MR) is 102 cm³/mol. The number of aromatic nitrogens is 2. The van der Waals surface area contributed by atoms with Crippen molar-refractivity contribution in [3.8, 4) is 11.3 Å². The van der Waals surface area contributed by atoms with Crippen LogP contribution in [0, 0.1) is 5.82 Å². The van der Waals surface area contributed by atoms with Crippen molar-refractivity contribution >= 4 is 17.5 Å². The van der Waals surface area contributed by atoms with Crippen molar-refractivity contribution < 1.29 is 9.18 Å². The fourth-order valence-corrected chi connectivity index (χ4v) is 2.74. The Morgan fingerprint density at radius 3 is 2.63 bits per heavy atom. The van der Waals surface area contributed by atoms with Gasteiger partial charge in [0.2, 0.25) is 5.91 Å². The number of rotatable bonds is 6. The first kappa shape index (κ1) is 18.8. The summed E-state index contributed by atoms with van der Waals surface area (Å²) in [6, 6.07) is 16.0. The first-order valence-corrected chi connectivity index (χ1v) is 8.74. The van der Waals surface area contributed by atoms with Gasteiger partial charge < -0.3 is 5.32 Å². The number of benzene rings is 2. The summed E-state index contributed by atoms with van der Waals surface area (Å²) in [5.41, 5.74) is 1.82. The van der Waals surface area contributed by atoms with Crippen molar-refractivity contribution in [2.45, 2.75) is 19.5 Å². The van der Waals surface area contributed by atoms with Gasteiger partial charge >= 0.3 is 0 Å². The van der Waals surface area contributed by atoms with E-state index in [1.807, 2.05) is 12.1 Å². The van der Waals surface area contributed by atoms with E-state index in [1.54, 1.807) is 30.3 Å². The van der Waals surface area contributed by atoms with Gasteiger partial charge in [0, 0.05) is 29.6 Å². The zero-order valence-electron chi connectivity index (χ0n) is 14.4. The van der Waals surface area contributed by atoms with Crippen LogP contribution in [0.1, 0.15) is 12.0 Å². The Morgan fingerprint density at radius 1 is 1.11 bits per heavy atom. The quantitative estimate of drug-likeness (QED) is 0.707. The van der Waals surface area contributed by atoms with E-state index >= 15 is 0 Å². The molecule has 0 aliphatic carbocycles. The number of halogens is 2. The Morgan fingerprint density at radius 2 is 1.89 bits per heavy atom. The van der Waals surface area contributed by atoms with Gasteiger partial charge in [-0.15, -0.1) is 0 Å². The molecular weight excluding hydrogens is 369 g/mol. The number of aryl methyl sites for hydroxylation is 1. The highest BCUT2D eigenvalue weighted by atomic mass is 35.5. The van der Waals surface area contributed by atoms with Crippen LogP contribution >= 0.6 is 11.6 Å². The second kappa shape index (κ2) is 8.60. The third-order valence-corrected chi connectivity index (χ3v) is 4.17. The summed E-state index contributed by atoms with van der Waals surface area (Å²) >= 11 is 5.91. The van der Waals surface area contributed by atoms with Gasteiger partial charge in [0.1, 0.15) is 5.82 Å². The SMILES string of the molecule is O=C(CCn1nc(-c2ccc(F)cc2)ccc1=O)NCc1cccc(Cl)c1. The van der Waals surface area contributed by atoms with E-state index in [0.29, 0.717) is 22.8 Å². The zero-order valence-corrected chi connectivity index (χ0v) is 15.1. The van der Waals surface area contributed by atoms with Crippen molar-refractivity contribution in [1.82, 2.24) is 15.1 Å². The van der Waals surface area contributed by atoms with E-state index in [-0.39, 0.29) is 30.2 Å². The molecule has 138 valence electrons. The maximum atomic E-state index is 13.0. The lowest BCUT2D eigenvalue weighted by Gasteiger charge is -2.08. The van der Waals surface area contributed by atoms with Crippen LogP contribution in [0.25, 0.3) is 11.3 Å². The van der Waals surface area contributed by atoms with E-state index in [9.17, 15) is 14.0 Å². The van der Waals surface area contributed by atoms with Crippen LogP contribution in [-0.4, -0.2) is 15.7 Å². The van der Waals surface area contributed by atoms with Gasteiger partial charge in [0.05, 0.1) is 12.2 Å². The predicted octanol–water partition coefficient (Wildman–Crippen LogP) is 3.41. The second-order valence-corrected chi connectivity index (χ2v) is 6.38. The van der Waals surface area contributed by atoms with E-state index in [0.717, 1.165) is 5.56 Å². The molecule has 0 bridgehead atoms. The molecule has 0 unspecified atom stereocenters. The van der Waals surface area contributed by atoms with Crippen LogP contribution in [0.15, 0.2) is 65.5 Å². The molecule has 7 heteroatoms. The number of hydrogen-bond acceptors (Lipinski definition) is 3. The minimum Gasteiger partial charge on any atom is -0.352 e. The molecule has 3 aromatic rings. The van der Waals surface area contributed by atoms with Crippen LogP contribution in [0.4, 0.5) is 4.39 Å². The van der Waals surface area contributed by atoms with Crippen molar-refractivity contribution in [2.75, 3.05) is 0 Å². The number of amides is 1. The summed E-state index contributed by atoms with van der Waals surface area (Å²) in [4.78, 5) is 24.0. The molecule has 27 heavy (non-hydrogen) atoms. The van der Waals surface area contributed by atoms with Gasteiger partial charge in [-0.25, -0.2) is 9.07 Å². The fourth-order valence-electron chi connectivity index (χ4n) is 2.53. The van der Waals surface area contributed by atoms with Crippen molar-refractivity contribution in [2.24, 2.45) is 0 Å². The summed E-state index contributed by atoms with van der Waals surface area (Å²) in [6.07, 6.45) is 0.111. The Labute approximate surface area is 160 Å². The summed E-state index contributed by atoms with van der Waals surface area (Å²) in [7, 11) is 0. The van der Waals surface area contributed by atoms with Crippen molar-refractivity contribution in [1.29, 1.82) is 0 Å². The molecule has 1 N–H and O–H groups in total. The van der Waals surface area contributed by atoms with Gasteiger partial charge in [-0.1, -0.05) is 23.7 Å². The molecular formula is C20H17ClFN3O2. The Kier molecular flexibility index (Phi) is 5.98. The van der Waals surface area contributed by atoms with Gasteiger partial charge in [-0.2, -0.15) is 5.10 Å². The Bertz CT molecular complexity index is 1000. The smallest absolute Gasteiger partial charge is 0.266 e. The van der Waals surface area contributed by atoms with Crippen molar-refractivity contribution in [3.05, 3.63) is 87.4 Å². The maximum Gasteiger partial charge on any atom is 0.266 e. The average molecular weight is 386 g/mol. The topological polar surface area (TPSA) is 64.0 Å². The molecule has 0 spiro atoms. The molecule has 3 rings (SSSR count). The lowest BCUT2D eigenvalue weighted by atomic mass is 10.1. The molecule has 0 aliphatic heterocycles. The normalized spacial score (nSPS) is 10.6. The number of nitrogens with zero attached hydrogens (tertiary/aromatic N) is 2. The lowest BCUT2D eigenvalue weighted by molar-refractivity contribution is -0.121. The molecule has 0 aliphatic rings. The monoisotopic (exact) mass is 385 g/mol. The van der Waals surface area contributed by atoms with E-state index < -0.39 is 0 Å². The highest BCUT2D eigenvalue weighted by Gasteiger charge is 2.07. The van der Waals surface area contributed by atoms with Crippen LogP contribution < -0.4 is 10.9 Å². The zero-order chi connectivity index (χ0) is 19.2. The third-order valence-electron chi connectivity index (χ3n) is 3.94. The van der Waals surface area contributed by atoms with Crippen LogP contribution in [0.2, 0.25) is 5.02 Å². The second-order valence-electron chi connectivity index (χ2n) is 5.94. The number of carbonyl (C=O) groups excluding carboxylic acids is 1. The van der Waals surface area contributed by atoms with Gasteiger partial charge in [0.15, 0.2) is 0 Å². The first-order valence-electron chi connectivity index (χ1n) is 8.36. The summed E-state index contributed by atoms with van der Waals surface area (Å²) in [5.74, 6) is -0.542. The van der Waals surface area contributed by atoms with E-state index in [1.165, 1.54) is 22.9 Å². The number of hydrogen-bond donors (Lipinski definition) is 1. The maximum absolute atomic E-state index is 13.0. The molecule has 0 atom stereocenters. The highest BCUT2D eigenvalue weighted by molar-refractivity contribution is 6.30. The van der Waals surface area contributed by atoms with Crippen LogP contribution in [0.3, 0.4) is 0 Å². The number of nitrogens with one attached hydrogen (secondary N) is 1. The summed E-state index contributed by atoms with van der Waals surface area (Å²) in [5, 5.41) is 7.65. The molecule has 2 aromatic carbocycles. The molecule has 1 amide bonds. The van der Waals surface area contributed by atoms with Gasteiger partial charge in [-0.05, 0) is 48.0 Å². The Hall–Kier alpha value is -2.99. The first-order chi connectivity index (χ1) is 13.0. The molecule has 5 nitrogen and oxygen atoms in total. The van der Waals surface area contributed by atoms with E-state index in [4.69, 9.17) is 11.6 Å². The summed E-state index contributed by atoms with van der Waals surface area (Å²) < 4.78 is 14.3. The average Bonchev–Trinajstić information content (AvgIpc) is 2.66. The van der Waals surface area contributed by atoms with Gasteiger partial charge in [-0.3, -0.25) is 9.59 Å².